The molecule has 0 unspecified atom stereocenters. The fourth-order valence-electron chi connectivity index (χ4n) is 5.01. The Hall–Kier alpha value is -3.35. The molecule has 0 saturated carbocycles. The molecule has 1 N–H and O–H groups in total. The zero-order chi connectivity index (χ0) is 22.7. The minimum Gasteiger partial charge on any atom is -0.490 e. The minimum atomic E-state index is -0.525. The maximum absolute atomic E-state index is 13.1. The van der Waals surface area contributed by atoms with E-state index in [1.807, 2.05) is 41.3 Å². The van der Waals surface area contributed by atoms with Crippen LogP contribution < -0.4 is 4.74 Å². The third kappa shape index (κ3) is 4.45. The van der Waals surface area contributed by atoms with E-state index in [0.717, 1.165) is 42.5 Å². The summed E-state index contributed by atoms with van der Waals surface area (Å²) in [7, 11) is 0. The molecule has 2 aliphatic heterocycles. The number of hydrogen-bond acceptors (Lipinski definition) is 5. The van der Waals surface area contributed by atoms with Crippen LogP contribution in [0.2, 0.25) is 0 Å². The number of aromatic amines is 1. The summed E-state index contributed by atoms with van der Waals surface area (Å²) < 4.78 is 11.5. The summed E-state index contributed by atoms with van der Waals surface area (Å²) in [5, 5.41) is 0. The number of ether oxygens (including phenoxy) is 2. The number of piperidine rings is 1. The first-order chi connectivity index (χ1) is 16.1. The first-order valence-corrected chi connectivity index (χ1v) is 11.7. The summed E-state index contributed by atoms with van der Waals surface area (Å²) in [4.78, 5) is 35.3. The van der Waals surface area contributed by atoms with Crippen LogP contribution in [0.15, 0.2) is 48.8 Å². The minimum absolute atomic E-state index is 0.00659. The van der Waals surface area contributed by atoms with Crippen molar-refractivity contribution < 1.29 is 19.1 Å². The molecule has 1 spiro atoms. The van der Waals surface area contributed by atoms with Crippen molar-refractivity contribution in [1.82, 2.24) is 14.9 Å². The number of fused-ring (bicyclic) bond motifs is 2. The molecule has 1 aromatic heterocycles. The topological polar surface area (TPSA) is 84.5 Å². The van der Waals surface area contributed by atoms with Crippen molar-refractivity contribution in [2.45, 2.75) is 38.5 Å². The standard InChI is InChI=1S/C26H29N3O4/c30-24(20-8-9-21-22(17-20)28-18-27-21)29-13-11-26(12-14-29)10-4-3-6-19-5-1-2-7-23(19)32-15-16-33-25(26)31/h1-2,5,7-9,17-18H,3-4,6,10-16H2,(H,27,28). The Kier molecular flexibility index (Phi) is 6.03. The summed E-state index contributed by atoms with van der Waals surface area (Å²) >= 11 is 0. The van der Waals surface area contributed by atoms with Crippen LogP contribution in [0.4, 0.5) is 0 Å². The Morgan fingerprint density at radius 1 is 1.00 bits per heavy atom. The van der Waals surface area contributed by atoms with Crippen LogP contribution in [0.1, 0.15) is 48.0 Å². The number of benzene rings is 2. The van der Waals surface area contributed by atoms with Crippen molar-refractivity contribution in [1.29, 1.82) is 0 Å². The van der Waals surface area contributed by atoms with Crippen molar-refractivity contribution >= 4 is 22.9 Å². The van der Waals surface area contributed by atoms with Gasteiger partial charge in [-0.2, -0.15) is 0 Å². The number of likely N-dealkylation sites (tertiary alicyclic amines) is 1. The third-order valence-electron chi connectivity index (χ3n) is 7.01. The Morgan fingerprint density at radius 2 is 1.82 bits per heavy atom. The number of esters is 1. The van der Waals surface area contributed by atoms with E-state index < -0.39 is 5.41 Å². The van der Waals surface area contributed by atoms with E-state index in [4.69, 9.17) is 9.47 Å². The van der Waals surface area contributed by atoms with Crippen molar-refractivity contribution in [3.05, 3.63) is 59.9 Å². The number of aryl methyl sites for hydroxylation is 1. The van der Waals surface area contributed by atoms with Crippen molar-refractivity contribution in [3.8, 4) is 5.75 Å². The highest BCUT2D eigenvalue weighted by molar-refractivity contribution is 5.97. The van der Waals surface area contributed by atoms with Gasteiger partial charge in [0.25, 0.3) is 5.91 Å². The molecule has 0 atom stereocenters. The van der Waals surface area contributed by atoms with Gasteiger partial charge in [-0.05, 0) is 61.9 Å². The van der Waals surface area contributed by atoms with Gasteiger partial charge in [0, 0.05) is 18.7 Å². The second kappa shape index (κ2) is 9.25. The van der Waals surface area contributed by atoms with Crippen LogP contribution in [0.5, 0.6) is 5.75 Å². The van der Waals surface area contributed by atoms with E-state index >= 15 is 0 Å². The number of carbonyl (C=O) groups is 2. The molecular weight excluding hydrogens is 418 g/mol. The van der Waals surface area contributed by atoms with Gasteiger partial charge in [-0.25, -0.2) is 4.98 Å². The van der Waals surface area contributed by atoms with Crippen LogP contribution in [0.3, 0.4) is 0 Å². The quantitative estimate of drug-likeness (QED) is 0.567. The molecule has 1 amide bonds. The molecule has 33 heavy (non-hydrogen) atoms. The van der Waals surface area contributed by atoms with E-state index in [1.54, 1.807) is 6.33 Å². The lowest BCUT2D eigenvalue weighted by Gasteiger charge is -2.40. The lowest BCUT2D eigenvalue weighted by atomic mass is 9.74. The number of rotatable bonds is 1. The maximum Gasteiger partial charge on any atom is 0.312 e. The van der Waals surface area contributed by atoms with Gasteiger partial charge in [-0.1, -0.05) is 24.6 Å². The van der Waals surface area contributed by atoms with Crippen LogP contribution in [-0.4, -0.2) is 53.0 Å². The SMILES string of the molecule is O=C(c1ccc2nc[nH]c2c1)N1CCC2(CCCCc3ccccc3OCCOC2=O)CC1. The maximum atomic E-state index is 13.1. The van der Waals surface area contributed by atoms with Gasteiger partial charge in [0.15, 0.2) is 0 Å². The summed E-state index contributed by atoms with van der Waals surface area (Å²) in [6, 6.07) is 13.6. The molecule has 5 rings (SSSR count). The molecule has 3 heterocycles. The van der Waals surface area contributed by atoms with Gasteiger partial charge >= 0.3 is 5.97 Å². The Labute approximate surface area is 193 Å². The van der Waals surface area contributed by atoms with Gasteiger partial charge in [0.1, 0.15) is 19.0 Å². The van der Waals surface area contributed by atoms with E-state index in [9.17, 15) is 9.59 Å². The molecule has 7 heteroatoms. The molecule has 2 aromatic carbocycles. The van der Waals surface area contributed by atoms with Crippen LogP contribution >= 0.6 is 0 Å². The number of cyclic esters (lactones) is 1. The van der Waals surface area contributed by atoms with E-state index in [2.05, 4.69) is 16.0 Å². The summed E-state index contributed by atoms with van der Waals surface area (Å²) in [6.07, 6.45) is 6.53. The number of imidazole rings is 1. The number of H-pyrrole nitrogens is 1. The van der Waals surface area contributed by atoms with Gasteiger partial charge in [0.05, 0.1) is 22.8 Å². The molecule has 2 aliphatic rings. The highest BCUT2D eigenvalue weighted by Crippen LogP contribution is 2.39. The average molecular weight is 448 g/mol. The zero-order valence-electron chi connectivity index (χ0n) is 18.7. The number of hydrogen-bond donors (Lipinski definition) is 1. The third-order valence-corrected chi connectivity index (χ3v) is 7.01. The highest BCUT2D eigenvalue weighted by Gasteiger charge is 2.43. The van der Waals surface area contributed by atoms with Gasteiger partial charge in [0.2, 0.25) is 0 Å². The fraction of sp³-hybridized carbons (Fsp3) is 0.423. The molecule has 3 aromatic rings. The van der Waals surface area contributed by atoms with Crippen molar-refractivity contribution in [2.24, 2.45) is 5.41 Å². The Bertz CT molecular complexity index is 1150. The molecule has 1 saturated heterocycles. The lowest BCUT2D eigenvalue weighted by molar-refractivity contribution is -0.160. The molecular formula is C26H29N3O4. The van der Waals surface area contributed by atoms with Crippen LogP contribution in [0, 0.1) is 5.41 Å². The summed E-state index contributed by atoms with van der Waals surface area (Å²) in [5.74, 6) is 0.725. The summed E-state index contributed by atoms with van der Waals surface area (Å²) in [6.45, 7) is 1.68. The predicted octanol–water partition coefficient (Wildman–Crippen LogP) is 4.13. The second-order valence-electron chi connectivity index (χ2n) is 9.01. The predicted molar refractivity (Wildman–Crippen MR) is 124 cm³/mol. The second-order valence-corrected chi connectivity index (χ2v) is 9.01. The van der Waals surface area contributed by atoms with E-state index in [0.29, 0.717) is 38.1 Å². The fourth-order valence-corrected chi connectivity index (χ4v) is 5.01. The monoisotopic (exact) mass is 447 g/mol. The zero-order valence-corrected chi connectivity index (χ0v) is 18.7. The van der Waals surface area contributed by atoms with Gasteiger partial charge in [-0.15, -0.1) is 0 Å². The molecule has 1 fully saturated rings. The molecule has 0 aliphatic carbocycles. The van der Waals surface area contributed by atoms with Gasteiger partial charge < -0.3 is 19.4 Å². The highest BCUT2D eigenvalue weighted by atomic mass is 16.6. The number of amides is 1. The molecule has 0 bridgehead atoms. The molecule has 7 nitrogen and oxygen atoms in total. The molecule has 0 radical (unpaired) electrons. The first kappa shape index (κ1) is 21.5. The number of nitrogens with one attached hydrogen (secondary N) is 1. The van der Waals surface area contributed by atoms with Crippen molar-refractivity contribution in [3.63, 3.8) is 0 Å². The summed E-state index contributed by atoms with van der Waals surface area (Å²) in [5.41, 5.74) is 3.00. The largest absolute Gasteiger partial charge is 0.490 e. The number of nitrogens with zero attached hydrogens (tertiary/aromatic N) is 2. The van der Waals surface area contributed by atoms with Crippen molar-refractivity contribution in [2.75, 3.05) is 26.3 Å². The van der Waals surface area contributed by atoms with E-state index in [1.165, 1.54) is 5.56 Å². The Balaban J connectivity index is 1.25. The number of carbonyl (C=O) groups excluding carboxylic acids is 2. The Morgan fingerprint density at radius 3 is 2.70 bits per heavy atom. The van der Waals surface area contributed by atoms with Gasteiger partial charge in [-0.3, -0.25) is 9.59 Å². The average Bonchev–Trinajstić information content (AvgIpc) is 3.32. The van der Waals surface area contributed by atoms with E-state index in [-0.39, 0.29) is 18.5 Å². The first-order valence-electron chi connectivity index (χ1n) is 11.7. The smallest absolute Gasteiger partial charge is 0.312 e. The molecule has 172 valence electrons. The number of aromatic nitrogens is 2. The van der Waals surface area contributed by atoms with Crippen LogP contribution in [-0.2, 0) is 16.0 Å². The number of para-hydroxylation sites is 1. The van der Waals surface area contributed by atoms with Crippen LogP contribution in [0.25, 0.3) is 11.0 Å². The lowest BCUT2D eigenvalue weighted by Crippen LogP contribution is -2.47. The normalized spacial score (nSPS) is 19.2.